The van der Waals surface area contributed by atoms with Crippen LogP contribution in [0.5, 0.6) is 0 Å². The Kier molecular flexibility index (Phi) is 10.3. The van der Waals surface area contributed by atoms with E-state index in [1.165, 1.54) is 24.1 Å². The second-order valence-electron chi connectivity index (χ2n) is 9.94. The maximum absolute atomic E-state index is 13.4. The Balaban J connectivity index is 0.00000112. The van der Waals surface area contributed by atoms with Gasteiger partial charge in [-0.1, -0.05) is 40.2 Å². The van der Waals surface area contributed by atoms with E-state index < -0.39 is 11.0 Å². The van der Waals surface area contributed by atoms with Gasteiger partial charge in [-0.05, 0) is 67.5 Å². The summed E-state index contributed by atoms with van der Waals surface area (Å²) in [5.74, 6) is 1.97. The van der Waals surface area contributed by atoms with E-state index in [0.717, 1.165) is 78.1 Å². The van der Waals surface area contributed by atoms with E-state index in [2.05, 4.69) is 59.6 Å². The van der Waals surface area contributed by atoms with E-state index in [-0.39, 0.29) is 5.82 Å². The van der Waals surface area contributed by atoms with E-state index in [9.17, 15) is 8.60 Å². The van der Waals surface area contributed by atoms with Gasteiger partial charge >= 0.3 is 0 Å². The molecule has 3 aromatic heterocycles. The summed E-state index contributed by atoms with van der Waals surface area (Å²) in [5, 5.41) is 2.87. The topological polar surface area (TPSA) is 53.7 Å². The summed E-state index contributed by atoms with van der Waals surface area (Å²) in [6.45, 7) is 10.2. The number of halogens is 1. The Bertz CT molecular complexity index is 1380. The average Bonchev–Trinajstić information content (AvgIpc) is 3.59. The number of pyridine rings is 1. The normalized spacial score (nSPS) is 15.2. The smallest absolute Gasteiger partial charge is 0.191 e. The first kappa shape index (κ1) is 29.4. The van der Waals surface area contributed by atoms with Gasteiger partial charge in [0.15, 0.2) is 5.13 Å². The van der Waals surface area contributed by atoms with Crippen LogP contribution >= 0.6 is 11.3 Å². The van der Waals surface area contributed by atoms with Crippen molar-refractivity contribution in [1.82, 2.24) is 18.7 Å². The second-order valence-corrected chi connectivity index (χ2v) is 12.3. The van der Waals surface area contributed by atoms with Crippen molar-refractivity contribution in [3.05, 3.63) is 65.0 Å². The number of aromatic nitrogens is 3. The molecule has 4 aromatic rings. The molecule has 210 valence electrons. The Morgan fingerprint density at radius 3 is 2.38 bits per heavy atom. The molecule has 0 aliphatic carbocycles. The Labute approximate surface area is 238 Å². The first-order valence-corrected chi connectivity index (χ1v) is 16.1. The molecule has 4 heterocycles. The van der Waals surface area contributed by atoms with Crippen LogP contribution in [0, 0.1) is 5.82 Å². The predicted molar refractivity (Wildman–Crippen MR) is 163 cm³/mol. The summed E-state index contributed by atoms with van der Waals surface area (Å²) in [7, 11) is 1.18. The van der Waals surface area contributed by atoms with E-state index in [0.29, 0.717) is 5.92 Å². The fraction of sp³-hybridized carbons (Fsp3) is 0.467. The van der Waals surface area contributed by atoms with Crippen LogP contribution in [0.15, 0.2) is 48.0 Å². The quantitative estimate of drug-likeness (QED) is 0.219. The van der Waals surface area contributed by atoms with Crippen molar-refractivity contribution in [3.63, 3.8) is 0 Å². The number of fused-ring (bicyclic) bond motifs is 1. The van der Waals surface area contributed by atoms with Crippen molar-refractivity contribution in [2.75, 3.05) is 30.8 Å². The Hall–Kier alpha value is -2.62. The first-order chi connectivity index (χ1) is 18.9. The van der Waals surface area contributed by atoms with Crippen LogP contribution in [-0.4, -0.2) is 48.8 Å². The molecule has 1 aromatic carbocycles. The van der Waals surface area contributed by atoms with E-state index in [1.807, 2.05) is 12.4 Å². The molecule has 1 atom stereocenters. The molecule has 0 N–H and O–H groups in total. The van der Waals surface area contributed by atoms with Crippen molar-refractivity contribution in [2.45, 2.75) is 65.7 Å². The molecule has 1 aliphatic heterocycles. The number of aryl methyl sites for hydroxylation is 1. The molecule has 0 saturated carbocycles. The molecular weight excluding hydrogens is 529 g/mol. The summed E-state index contributed by atoms with van der Waals surface area (Å²) in [5.41, 5.74) is 4.98. The van der Waals surface area contributed by atoms with Gasteiger partial charge in [0.25, 0.3) is 0 Å². The lowest BCUT2D eigenvalue weighted by Crippen LogP contribution is -2.35. The zero-order valence-corrected chi connectivity index (χ0v) is 25.3. The number of nitrogens with zero attached hydrogens (tertiary/aromatic N) is 5. The molecule has 9 heteroatoms. The first-order valence-electron chi connectivity index (χ1n) is 14.0. The standard InChI is InChI=1S/C27H32FN5OS2.C3H8/c1-4-16-36(34)32-14-12-19(13-15-32)21-8-11-25-29-23(5-2)26(33(25)17-21)31(3)27-30-24(18-35-27)20-6-9-22(28)10-7-20;1-3-2/h6-11,17-19H,4-5,12-16H2,1-3H3;3H2,1-2H3. The number of piperidine rings is 1. The van der Waals surface area contributed by atoms with Gasteiger partial charge in [0.2, 0.25) is 0 Å². The molecule has 0 radical (unpaired) electrons. The highest BCUT2D eigenvalue weighted by Crippen LogP contribution is 2.35. The molecule has 39 heavy (non-hydrogen) atoms. The molecule has 0 amide bonds. The third kappa shape index (κ3) is 6.76. The molecule has 1 saturated heterocycles. The van der Waals surface area contributed by atoms with Gasteiger partial charge in [0.05, 0.1) is 22.4 Å². The van der Waals surface area contributed by atoms with E-state index in [1.54, 1.807) is 23.5 Å². The summed E-state index contributed by atoms with van der Waals surface area (Å²) in [4.78, 5) is 11.9. The summed E-state index contributed by atoms with van der Waals surface area (Å²) in [6, 6.07) is 10.8. The highest BCUT2D eigenvalue weighted by Gasteiger charge is 2.25. The number of hydrogen-bond donors (Lipinski definition) is 0. The van der Waals surface area contributed by atoms with Crippen LogP contribution in [0.1, 0.15) is 70.6 Å². The fourth-order valence-corrected chi connectivity index (χ4v) is 6.92. The molecule has 6 nitrogen and oxygen atoms in total. The number of benzene rings is 1. The number of imidazole rings is 1. The highest BCUT2D eigenvalue weighted by atomic mass is 32.2. The number of rotatable bonds is 8. The Morgan fingerprint density at radius 1 is 1.05 bits per heavy atom. The SMILES string of the molecule is CCC.CCCS(=O)N1CCC(c2ccc3nc(CC)c(N(C)c4nc(-c5ccc(F)cc5)cs4)n3c2)CC1. The van der Waals surface area contributed by atoms with Crippen LogP contribution in [0.2, 0.25) is 0 Å². The molecule has 0 spiro atoms. The minimum atomic E-state index is -0.855. The molecule has 0 bridgehead atoms. The van der Waals surface area contributed by atoms with Crippen molar-refractivity contribution >= 4 is 38.9 Å². The van der Waals surface area contributed by atoms with Gasteiger partial charge < -0.3 is 4.90 Å². The maximum Gasteiger partial charge on any atom is 0.191 e. The molecule has 1 fully saturated rings. The van der Waals surface area contributed by atoms with Crippen molar-refractivity contribution < 1.29 is 8.60 Å². The molecule has 1 unspecified atom stereocenters. The van der Waals surface area contributed by atoms with Crippen LogP contribution in [0.3, 0.4) is 0 Å². The van der Waals surface area contributed by atoms with Gasteiger partial charge in [-0.15, -0.1) is 11.3 Å². The summed E-state index contributed by atoms with van der Waals surface area (Å²) >= 11 is 1.57. The summed E-state index contributed by atoms with van der Waals surface area (Å²) in [6.07, 6.45) is 7.26. The van der Waals surface area contributed by atoms with Crippen LogP contribution < -0.4 is 4.90 Å². The third-order valence-electron chi connectivity index (χ3n) is 6.85. The van der Waals surface area contributed by atoms with Gasteiger partial charge in [0, 0.05) is 43.0 Å². The largest absolute Gasteiger partial charge is 0.305 e. The van der Waals surface area contributed by atoms with E-state index >= 15 is 0 Å². The second kappa shape index (κ2) is 13.6. The summed E-state index contributed by atoms with van der Waals surface area (Å²) < 4.78 is 30.1. The Morgan fingerprint density at radius 2 is 1.74 bits per heavy atom. The zero-order chi connectivity index (χ0) is 27.9. The predicted octanol–water partition coefficient (Wildman–Crippen LogP) is 7.60. The van der Waals surface area contributed by atoms with Gasteiger partial charge in [-0.25, -0.2) is 22.9 Å². The van der Waals surface area contributed by atoms with Crippen LogP contribution in [-0.2, 0) is 17.4 Å². The average molecular weight is 570 g/mol. The monoisotopic (exact) mass is 569 g/mol. The van der Waals surface area contributed by atoms with Crippen molar-refractivity contribution in [1.29, 1.82) is 0 Å². The molecule has 1 aliphatic rings. The fourth-order valence-electron chi connectivity index (χ4n) is 4.89. The third-order valence-corrected chi connectivity index (χ3v) is 9.46. The lowest BCUT2D eigenvalue weighted by molar-refractivity contribution is 0.334. The molecule has 5 rings (SSSR count). The zero-order valence-electron chi connectivity index (χ0n) is 23.7. The van der Waals surface area contributed by atoms with Gasteiger partial charge in [-0.2, -0.15) is 0 Å². The minimum Gasteiger partial charge on any atom is -0.305 e. The number of thiazole rings is 1. The van der Waals surface area contributed by atoms with Crippen LogP contribution in [0.4, 0.5) is 15.3 Å². The lowest BCUT2D eigenvalue weighted by Gasteiger charge is -2.31. The van der Waals surface area contributed by atoms with Crippen LogP contribution in [0.25, 0.3) is 16.9 Å². The van der Waals surface area contributed by atoms with Gasteiger partial charge in [-0.3, -0.25) is 4.40 Å². The lowest BCUT2D eigenvalue weighted by atomic mass is 9.91. The minimum absolute atomic E-state index is 0.250. The number of hydrogen-bond acceptors (Lipinski definition) is 5. The van der Waals surface area contributed by atoms with Crippen molar-refractivity contribution in [3.8, 4) is 11.3 Å². The number of anilines is 2. The molecular formula is C30H40FN5OS2. The van der Waals surface area contributed by atoms with Crippen molar-refractivity contribution in [2.24, 2.45) is 0 Å². The van der Waals surface area contributed by atoms with E-state index in [4.69, 9.17) is 9.97 Å². The highest BCUT2D eigenvalue weighted by molar-refractivity contribution is 7.82. The maximum atomic E-state index is 13.4. The van der Waals surface area contributed by atoms with Gasteiger partial charge in [0.1, 0.15) is 17.3 Å².